The number of anilines is 1. The Labute approximate surface area is 119 Å². The highest BCUT2D eigenvalue weighted by Crippen LogP contribution is 2.19. The van der Waals surface area contributed by atoms with E-state index in [2.05, 4.69) is 39.0 Å². The molecule has 0 bridgehead atoms. The van der Waals surface area contributed by atoms with E-state index in [0.717, 1.165) is 19.6 Å². The van der Waals surface area contributed by atoms with Gasteiger partial charge in [0.1, 0.15) is 0 Å². The first-order valence-corrected chi connectivity index (χ1v) is 6.94. The monoisotopic (exact) mass is 281 g/mol. The van der Waals surface area contributed by atoms with Crippen LogP contribution < -0.4 is 14.8 Å². The summed E-state index contributed by atoms with van der Waals surface area (Å²) >= 11 is 0. The normalized spacial score (nSPS) is 19.4. The van der Waals surface area contributed by atoms with Crippen molar-refractivity contribution in [2.45, 2.75) is 26.3 Å². The molecule has 1 fully saturated rings. The smallest absolute Gasteiger partial charge is 0.324 e. The number of hydrogen-bond donors (Lipinski definition) is 1. The van der Waals surface area contributed by atoms with Gasteiger partial charge in [0.15, 0.2) is 0 Å². The van der Waals surface area contributed by atoms with Gasteiger partial charge in [0, 0.05) is 19.1 Å². The molecule has 1 aromatic heterocycles. The van der Waals surface area contributed by atoms with Gasteiger partial charge in [-0.25, -0.2) is 0 Å². The molecule has 0 aliphatic carbocycles. The molecule has 2 heterocycles. The molecule has 0 aromatic carbocycles. The van der Waals surface area contributed by atoms with Crippen molar-refractivity contribution in [3.05, 3.63) is 0 Å². The van der Waals surface area contributed by atoms with E-state index >= 15 is 0 Å². The predicted octanol–water partition coefficient (Wildman–Crippen LogP) is 1.03. The summed E-state index contributed by atoms with van der Waals surface area (Å²) < 4.78 is 10.1. The summed E-state index contributed by atoms with van der Waals surface area (Å²) in [5.41, 5.74) is 0. The summed E-state index contributed by atoms with van der Waals surface area (Å²) in [5.74, 6) is 1.11. The van der Waals surface area contributed by atoms with Crippen LogP contribution in [0.2, 0.25) is 0 Å². The van der Waals surface area contributed by atoms with Crippen molar-refractivity contribution < 1.29 is 9.47 Å². The van der Waals surface area contributed by atoms with E-state index in [-0.39, 0.29) is 12.0 Å². The van der Waals surface area contributed by atoms with Crippen molar-refractivity contribution in [3.63, 3.8) is 0 Å². The van der Waals surface area contributed by atoms with E-state index < -0.39 is 0 Å². The first kappa shape index (κ1) is 14.8. The first-order chi connectivity index (χ1) is 9.62. The number of nitrogens with zero attached hydrogens (tertiary/aromatic N) is 4. The molecule has 2 rings (SSSR count). The number of rotatable bonds is 6. The Bertz CT molecular complexity index is 419. The third-order valence-electron chi connectivity index (χ3n) is 3.56. The van der Waals surface area contributed by atoms with Gasteiger partial charge in [0.2, 0.25) is 5.95 Å². The number of hydrogen-bond acceptors (Lipinski definition) is 7. The van der Waals surface area contributed by atoms with Gasteiger partial charge in [-0.15, -0.1) is 4.98 Å². The van der Waals surface area contributed by atoms with Crippen LogP contribution in [0.15, 0.2) is 0 Å². The van der Waals surface area contributed by atoms with E-state index in [0.29, 0.717) is 17.9 Å². The minimum Gasteiger partial charge on any atom is -0.467 e. The molecule has 20 heavy (non-hydrogen) atoms. The maximum Gasteiger partial charge on any atom is 0.324 e. The minimum atomic E-state index is 0.259. The van der Waals surface area contributed by atoms with Crippen molar-refractivity contribution in [2.75, 3.05) is 39.2 Å². The van der Waals surface area contributed by atoms with Crippen LogP contribution in [-0.4, -0.2) is 59.7 Å². The Morgan fingerprint density at radius 3 is 2.35 bits per heavy atom. The Balaban J connectivity index is 1.91. The highest BCUT2D eigenvalue weighted by Gasteiger charge is 2.24. The minimum absolute atomic E-state index is 0.259. The number of likely N-dealkylation sites (tertiary alicyclic amines) is 1. The molecule has 7 heteroatoms. The lowest BCUT2D eigenvalue weighted by Gasteiger charge is -2.20. The van der Waals surface area contributed by atoms with Gasteiger partial charge in [0.05, 0.1) is 14.2 Å². The quantitative estimate of drug-likeness (QED) is 0.835. The van der Waals surface area contributed by atoms with Gasteiger partial charge in [-0.1, -0.05) is 0 Å². The zero-order valence-electron chi connectivity index (χ0n) is 12.6. The molecule has 1 atom stereocenters. The number of methoxy groups -OCH3 is 2. The van der Waals surface area contributed by atoms with E-state index in [9.17, 15) is 0 Å². The van der Waals surface area contributed by atoms with Crippen LogP contribution in [-0.2, 0) is 0 Å². The average molecular weight is 281 g/mol. The Kier molecular flexibility index (Phi) is 4.94. The third-order valence-corrected chi connectivity index (χ3v) is 3.56. The van der Waals surface area contributed by atoms with Crippen LogP contribution in [0.4, 0.5) is 5.95 Å². The second kappa shape index (κ2) is 6.69. The Morgan fingerprint density at radius 2 is 1.85 bits per heavy atom. The Hall–Kier alpha value is -1.63. The summed E-state index contributed by atoms with van der Waals surface area (Å²) in [6.07, 6.45) is 1.20. The van der Waals surface area contributed by atoms with Crippen molar-refractivity contribution in [2.24, 2.45) is 5.92 Å². The molecule has 0 amide bonds. The molecule has 1 saturated heterocycles. The standard InChI is InChI=1S/C13H23N5O2/c1-9(2)18-6-5-10(8-18)7-14-11-15-12(19-3)17-13(16-11)20-4/h9-10H,5-8H2,1-4H3,(H,14,15,16,17). The van der Waals surface area contributed by atoms with Gasteiger partial charge in [-0.2, -0.15) is 9.97 Å². The van der Waals surface area contributed by atoms with E-state index in [4.69, 9.17) is 9.47 Å². The zero-order chi connectivity index (χ0) is 14.5. The maximum absolute atomic E-state index is 5.03. The fourth-order valence-corrected chi connectivity index (χ4v) is 2.33. The lowest BCUT2D eigenvalue weighted by atomic mass is 10.1. The summed E-state index contributed by atoms with van der Waals surface area (Å²) in [4.78, 5) is 14.8. The topological polar surface area (TPSA) is 72.4 Å². The van der Waals surface area contributed by atoms with Crippen molar-refractivity contribution >= 4 is 5.95 Å². The number of ether oxygens (including phenoxy) is 2. The van der Waals surface area contributed by atoms with Crippen LogP contribution in [0.25, 0.3) is 0 Å². The maximum atomic E-state index is 5.03. The second-order valence-electron chi connectivity index (χ2n) is 5.26. The Morgan fingerprint density at radius 1 is 1.20 bits per heavy atom. The van der Waals surface area contributed by atoms with Gasteiger partial charge >= 0.3 is 12.0 Å². The second-order valence-corrected chi connectivity index (χ2v) is 5.26. The fraction of sp³-hybridized carbons (Fsp3) is 0.769. The molecule has 1 aliphatic rings. The summed E-state index contributed by atoms with van der Waals surface area (Å²) in [6.45, 7) is 7.59. The van der Waals surface area contributed by atoms with Crippen LogP contribution >= 0.6 is 0 Å². The van der Waals surface area contributed by atoms with Gasteiger partial charge in [-0.3, -0.25) is 0 Å². The molecule has 1 aliphatic heterocycles. The highest BCUT2D eigenvalue weighted by molar-refractivity contribution is 5.27. The van der Waals surface area contributed by atoms with Gasteiger partial charge in [-0.05, 0) is 32.7 Å². The molecule has 1 aromatic rings. The largest absolute Gasteiger partial charge is 0.467 e. The summed E-state index contributed by atoms with van der Waals surface area (Å²) in [5, 5.41) is 3.25. The predicted molar refractivity (Wildman–Crippen MR) is 76.2 cm³/mol. The molecule has 7 nitrogen and oxygen atoms in total. The summed E-state index contributed by atoms with van der Waals surface area (Å²) in [6, 6.07) is 1.13. The molecule has 1 unspecified atom stereocenters. The first-order valence-electron chi connectivity index (χ1n) is 6.94. The van der Waals surface area contributed by atoms with Crippen LogP contribution in [0.3, 0.4) is 0 Å². The molecule has 0 spiro atoms. The SMILES string of the molecule is COc1nc(NCC2CCN(C(C)C)C2)nc(OC)n1. The fourth-order valence-electron chi connectivity index (χ4n) is 2.33. The number of nitrogens with one attached hydrogen (secondary N) is 1. The van der Waals surface area contributed by atoms with Crippen molar-refractivity contribution in [3.8, 4) is 12.0 Å². The van der Waals surface area contributed by atoms with E-state index in [1.807, 2.05) is 0 Å². The average Bonchev–Trinajstić information content (AvgIpc) is 2.93. The molecule has 112 valence electrons. The van der Waals surface area contributed by atoms with Gasteiger partial charge < -0.3 is 19.7 Å². The lowest BCUT2D eigenvalue weighted by Crippen LogP contribution is -2.29. The van der Waals surface area contributed by atoms with Crippen molar-refractivity contribution in [1.29, 1.82) is 0 Å². The van der Waals surface area contributed by atoms with Crippen LogP contribution in [0.5, 0.6) is 12.0 Å². The van der Waals surface area contributed by atoms with E-state index in [1.165, 1.54) is 20.6 Å². The zero-order valence-corrected chi connectivity index (χ0v) is 12.6. The number of aromatic nitrogens is 3. The highest BCUT2D eigenvalue weighted by atomic mass is 16.5. The molecule has 0 radical (unpaired) electrons. The molecule has 1 N–H and O–H groups in total. The van der Waals surface area contributed by atoms with E-state index in [1.54, 1.807) is 0 Å². The van der Waals surface area contributed by atoms with Crippen LogP contribution in [0, 0.1) is 5.92 Å². The van der Waals surface area contributed by atoms with Crippen molar-refractivity contribution in [1.82, 2.24) is 19.9 Å². The molecular weight excluding hydrogens is 258 g/mol. The molecular formula is C13H23N5O2. The van der Waals surface area contributed by atoms with Crippen LogP contribution in [0.1, 0.15) is 20.3 Å². The third kappa shape index (κ3) is 3.69. The molecule has 0 saturated carbocycles. The summed E-state index contributed by atoms with van der Waals surface area (Å²) in [7, 11) is 3.05. The van der Waals surface area contributed by atoms with Gasteiger partial charge in [0.25, 0.3) is 0 Å². The lowest BCUT2D eigenvalue weighted by molar-refractivity contribution is 0.266.